The van der Waals surface area contributed by atoms with Gasteiger partial charge < -0.3 is 9.73 Å². The van der Waals surface area contributed by atoms with Crippen LogP contribution in [-0.4, -0.2) is 26.4 Å². The lowest BCUT2D eigenvalue weighted by Gasteiger charge is -2.05. The number of benzene rings is 2. The Kier molecular flexibility index (Phi) is 7.53. The predicted molar refractivity (Wildman–Crippen MR) is 118 cm³/mol. The van der Waals surface area contributed by atoms with Gasteiger partial charge in [-0.2, -0.15) is 5.10 Å². The van der Waals surface area contributed by atoms with Gasteiger partial charge in [0, 0.05) is 6.54 Å². The molecule has 0 aliphatic carbocycles. The zero-order chi connectivity index (χ0) is 23.0. The summed E-state index contributed by atoms with van der Waals surface area (Å²) in [5, 5.41) is 6.16. The van der Waals surface area contributed by atoms with Crippen LogP contribution in [0.15, 0.2) is 81.1 Å². The molecule has 3 rings (SSSR count). The molecule has 0 bridgehead atoms. The number of aryl methyl sites for hydroxylation is 1. The lowest BCUT2D eigenvalue weighted by atomic mass is 10.2. The van der Waals surface area contributed by atoms with E-state index in [0.717, 1.165) is 11.1 Å². The highest BCUT2D eigenvalue weighted by Crippen LogP contribution is 2.12. The molecule has 0 radical (unpaired) electrons. The Morgan fingerprint density at radius 3 is 2.38 bits per heavy atom. The van der Waals surface area contributed by atoms with Crippen LogP contribution < -0.4 is 15.5 Å². The Balaban J connectivity index is 1.46. The molecule has 0 unspecified atom stereocenters. The number of hydrogen-bond donors (Lipinski definition) is 3. The van der Waals surface area contributed by atoms with Crippen molar-refractivity contribution in [1.82, 2.24) is 15.5 Å². The first-order chi connectivity index (χ1) is 15.3. The van der Waals surface area contributed by atoms with Crippen molar-refractivity contribution in [3.05, 3.63) is 89.4 Å². The van der Waals surface area contributed by atoms with Crippen LogP contribution in [0.4, 0.5) is 0 Å². The van der Waals surface area contributed by atoms with E-state index in [1.807, 2.05) is 37.3 Å². The molecule has 0 atom stereocenters. The number of carbonyl (C=O) groups excluding carboxylic acids is 2. The van der Waals surface area contributed by atoms with Crippen LogP contribution in [0.25, 0.3) is 0 Å². The highest BCUT2D eigenvalue weighted by Gasteiger charge is 2.15. The summed E-state index contributed by atoms with van der Waals surface area (Å²) in [6, 6.07) is 18.8. The second kappa shape index (κ2) is 10.5. The van der Waals surface area contributed by atoms with E-state index >= 15 is 0 Å². The normalized spacial score (nSPS) is 11.4. The summed E-state index contributed by atoms with van der Waals surface area (Å²) in [6.45, 7) is 2.03. The Labute approximate surface area is 185 Å². The van der Waals surface area contributed by atoms with Crippen LogP contribution in [-0.2, 0) is 32.7 Å². The third kappa shape index (κ3) is 6.62. The summed E-state index contributed by atoms with van der Waals surface area (Å²) in [7, 11) is -3.67. The van der Waals surface area contributed by atoms with Gasteiger partial charge in [-0.3, -0.25) is 9.59 Å². The molecule has 10 heteroatoms. The summed E-state index contributed by atoms with van der Waals surface area (Å²) in [6.07, 6.45) is 1.21. The zero-order valence-electron chi connectivity index (χ0n) is 17.2. The fraction of sp³-hybridized carbons (Fsp3) is 0.136. The fourth-order valence-corrected chi connectivity index (χ4v) is 3.58. The Hall–Kier alpha value is -3.76. The predicted octanol–water partition coefficient (Wildman–Crippen LogP) is 1.83. The number of carbonyl (C=O) groups is 2. The SMILES string of the molecule is Cc1ccc(S(=O)(=O)NCc2ccc(/C=N/NC(=O)C(=O)NCc3ccccc3)o2)cc1. The first kappa shape index (κ1) is 22.9. The van der Waals surface area contributed by atoms with E-state index in [4.69, 9.17) is 4.42 Å². The number of nitrogens with one attached hydrogen (secondary N) is 3. The number of sulfonamides is 1. The van der Waals surface area contributed by atoms with Gasteiger partial charge in [-0.15, -0.1) is 0 Å². The molecule has 1 heterocycles. The molecule has 0 aliphatic heterocycles. The van der Waals surface area contributed by atoms with E-state index < -0.39 is 21.8 Å². The van der Waals surface area contributed by atoms with Gasteiger partial charge in [0.1, 0.15) is 11.5 Å². The third-order valence-electron chi connectivity index (χ3n) is 4.31. The summed E-state index contributed by atoms with van der Waals surface area (Å²) < 4.78 is 32.5. The number of amides is 2. The maximum atomic E-state index is 12.3. The Morgan fingerprint density at radius 1 is 0.938 bits per heavy atom. The molecule has 166 valence electrons. The minimum Gasteiger partial charge on any atom is -0.459 e. The highest BCUT2D eigenvalue weighted by atomic mass is 32.2. The van der Waals surface area contributed by atoms with Gasteiger partial charge in [0.05, 0.1) is 17.7 Å². The van der Waals surface area contributed by atoms with Crippen molar-refractivity contribution >= 4 is 28.1 Å². The number of hydrogen-bond acceptors (Lipinski definition) is 6. The Morgan fingerprint density at radius 2 is 1.66 bits per heavy atom. The molecule has 2 aromatic carbocycles. The summed E-state index contributed by atoms with van der Waals surface area (Å²) in [5.74, 6) is -1.11. The molecule has 3 aromatic rings. The monoisotopic (exact) mass is 454 g/mol. The lowest BCUT2D eigenvalue weighted by Crippen LogP contribution is -2.37. The van der Waals surface area contributed by atoms with Gasteiger partial charge in [0.2, 0.25) is 10.0 Å². The topological polar surface area (TPSA) is 130 Å². The van der Waals surface area contributed by atoms with E-state index in [1.165, 1.54) is 18.3 Å². The van der Waals surface area contributed by atoms with Gasteiger partial charge >= 0.3 is 11.8 Å². The zero-order valence-corrected chi connectivity index (χ0v) is 18.1. The van der Waals surface area contributed by atoms with Crippen LogP contribution in [0.1, 0.15) is 22.6 Å². The molecule has 1 aromatic heterocycles. The molecular formula is C22H22N4O5S. The minimum atomic E-state index is -3.67. The van der Waals surface area contributed by atoms with Gasteiger partial charge in [-0.25, -0.2) is 18.6 Å². The molecule has 2 amide bonds. The molecule has 0 saturated heterocycles. The van der Waals surface area contributed by atoms with E-state index in [0.29, 0.717) is 5.76 Å². The van der Waals surface area contributed by atoms with Gasteiger partial charge in [0.15, 0.2) is 0 Å². The van der Waals surface area contributed by atoms with Crippen LogP contribution in [0.5, 0.6) is 0 Å². The van der Waals surface area contributed by atoms with Gasteiger partial charge in [0.25, 0.3) is 0 Å². The second-order valence-electron chi connectivity index (χ2n) is 6.81. The standard InChI is InChI=1S/C22H22N4O5S/c1-16-7-11-20(12-8-16)32(29,30)25-15-19-10-9-18(31-19)14-24-26-22(28)21(27)23-13-17-5-3-2-4-6-17/h2-12,14,25H,13,15H2,1H3,(H,23,27)(H,26,28)/b24-14+. The van der Waals surface area contributed by atoms with E-state index in [1.54, 1.807) is 24.3 Å². The first-order valence-electron chi connectivity index (χ1n) is 9.64. The van der Waals surface area contributed by atoms with Crippen molar-refractivity contribution in [1.29, 1.82) is 0 Å². The summed E-state index contributed by atoms with van der Waals surface area (Å²) >= 11 is 0. The average molecular weight is 455 g/mol. The minimum absolute atomic E-state index is 0.0572. The van der Waals surface area contributed by atoms with Crippen molar-refractivity contribution in [3.8, 4) is 0 Å². The van der Waals surface area contributed by atoms with Crippen LogP contribution in [0, 0.1) is 6.92 Å². The lowest BCUT2D eigenvalue weighted by molar-refractivity contribution is -0.139. The van der Waals surface area contributed by atoms with Crippen molar-refractivity contribution in [3.63, 3.8) is 0 Å². The average Bonchev–Trinajstić information content (AvgIpc) is 3.25. The fourth-order valence-electron chi connectivity index (χ4n) is 2.59. The van der Waals surface area contributed by atoms with Crippen LogP contribution in [0.3, 0.4) is 0 Å². The van der Waals surface area contributed by atoms with Crippen LogP contribution in [0.2, 0.25) is 0 Å². The first-order valence-corrected chi connectivity index (χ1v) is 11.1. The second-order valence-corrected chi connectivity index (χ2v) is 8.58. The van der Waals surface area contributed by atoms with Crippen molar-refractivity contribution in [2.75, 3.05) is 0 Å². The van der Waals surface area contributed by atoms with E-state index in [9.17, 15) is 18.0 Å². The van der Waals surface area contributed by atoms with Crippen molar-refractivity contribution in [2.24, 2.45) is 5.10 Å². The third-order valence-corrected chi connectivity index (χ3v) is 5.73. The Bertz CT molecular complexity index is 1200. The van der Waals surface area contributed by atoms with Gasteiger partial charge in [-0.05, 0) is 36.8 Å². The molecule has 9 nitrogen and oxygen atoms in total. The molecule has 0 spiro atoms. The highest BCUT2D eigenvalue weighted by molar-refractivity contribution is 7.89. The molecule has 3 N–H and O–H groups in total. The smallest absolute Gasteiger partial charge is 0.329 e. The summed E-state index contributed by atoms with van der Waals surface area (Å²) in [5.41, 5.74) is 3.92. The number of rotatable bonds is 8. The van der Waals surface area contributed by atoms with Gasteiger partial charge in [-0.1, -0.05) is 48.0 Å². The van der Waals surface area contributed by atoms with E-state index in [2.05, 4.69) is 20.6 Å². The van der Waals surface area contributed by atoms with Crippen molar-refractivity contribution < 1.29 is 22.4 Å². The van der Waals surface area contributed by atoms with Crippen LogP contribution >= 0.6 is 0 Å². The maximum absolute atomic E-state index is 12.3. The summed E-state index contributed by atoms with van der Waals surface area (Å²) in [4.78, 5) is 23.7. The molecule has 0 saturated carbocycles. The largest absolute Gasteiger partial charge is 0.459 e. The molecule has 32 heavy (non-hydrogen) atoms. The van der Waals surface area contributed by atoms with E-state index in [-0.39, 0.29) is 23.7 Å². The van der Waals surface area contributed by atoms with Crippen molar-refractivity contribution in [2.45, 2.75) is 24.9 Å². The quantitative estimate of drug-likeness (QED) is 0.272. The molecular weight excluding hydrogens is 432 g/mol. The molecule has 0 aliphatic rings. The number of hydrazone groups is 1. The number of furan rings is 1. The maximum Gasteiger partial charge on any atom is 0.329 e. The molecule has 0 fully saturated rings. The number of nitrogens with zero attached hydrogens (tertiary/aromatic N) is 1.